The fraction of sp³-hybridized carbons (Fsp3) is 0. The molecule has 0 unspecified atom stereocenters. The Morgan fingerprint density at radius 1 is 1.17 bits per heavy atom. The number of halogens is 3. The molecule has 0 aliphatic heterocycles. The summed E-state index contributed by atoms with van der Waals surface area (Å²) in [6.45, 7) is 0. The molecule has 0 amide bonds. The van der Waals surface area contributed by atoms with E-state index in [1.807, 2.05) is 0 Å². The van der Waals surface area contributed by atoms with Crippen molar-refractivity contribution in [1.29, 1.82) is 0 Å². The lowest BCUT2D eigenvalue weighted by atomic mass is 10.0. The molecule has 0 heterocycles. The number of benzene rings is 2. The molecule has 0 radical (unpaired) electrons. The van der Waals surface area contributed by atoms with Crippen molar-refractivity contribution >= 4 is 50.6 Å². The summed E-state index contributed by atoms with van der Waals surface area (Å²) in [5.74, 6) is -0.191. The van der Waals surface area contributed by atoms with Crippen LogP contribution in [0.25, 0.3) is 0 Å². The van der Waals surface area contributed by atoms with E-state index < -0.39 is 0 Å². The Morgan fingerprint density at radius 2 is 1.89 bits per heavy atom. The van der Waals surface area contributed by atoms with E-state index in [0.29, 0.717) is 26.3 Å². The summed E-state index contributed by atoms with van der Waals surface area (Å²) in [6.07, 6.45) is 0. The van der Waals surface area contributed by atoms with Gasteiger partial charge in [0.05, 0.1) is 10.0 Å². The van der Waals surface area contributed by atoms with Crippen LogP contribution in [0.1, 0.15) is 15.9 Å². The van der Waals surface area contributed by atoms with E-state index in [-0.39, 0.29) is 10.8 Å². The Morgan fingerprint density at radius 3 is 2.56 bits per heavy atom. The van der Waals surface area contributed by atoms with Crippen LogP contribution >= 0.6 is 39.1 Å². The number of carbonyl (C=O) groups excluding carboxylic acids is 1. The number of nitrogen functional groups attached to an aromatic ring is 1. The van der Waals surface area contributed by atoms with Crippen molar-refractivity contribution in [3.05, 3.63) is 62.0 Å². The minimum absolute atomic E-state index is 0.191. The SMILES string of the molecule is Nc1ccc(C(=O)c2cccc(Cl)c2Cl)cc1Br. The van der Waals surface area contributed by atoms with Crippen molar-refractivity contribution in [3.63, 3.8) is 0 Å². The first-order valence-corrected chi connectivity index (χ1v) is 6.59. The number of ketones is 1. The normalized spacial score (nSPS) is 10.4. The summed E-state index contributed by atoms with van der Waals surface area (Å²) in [7, 11) is 0. The fourth-order valence-electron chi connectivity index (χ4n) is 1.50. The molecular formula is C13H8BrCl2NO. The van der Waals surface area contributed by atoms with Crippen LogP contribution in [0.3, 0.4) is 0 Å². The highest BCUT2D eigenvalue weighted by Gasteiger charge is 2.15. The molecule has 0 saturated heterocycles. The predicted molar refractivity (Wildman–Crippen MR) is 78.4 cm³/mol. The maximum Gasteiger partial charge on any atom is 0.194 e. The van der Waals surface area contributed by atoms with Crippen LogP contribution in [0, 0.1) is 0 Å². The predicted octanol–water partition coefficient (Wildman–Crippen LogP) is 4.57. The summed E-state index contributed by atoms with van der Waals surface area (Å²) in [4.78, 5) is 12.3. The van der Waals surface area contributed by atoms with Gasteiger partial charge in [-0.3, -0.25) is 4.79 Å². The van der Waals surface area contributed by atoms with Crippen LogP contribution in [0.4, 0.5) is 5.69 Å². The molecule has 0 bridgehead atoms. The smallest absolute Gasteiger partial charge is 0.194 e. The second-order valence-electron chi connectivity index (χ2n) is 3.67. The molecule has 5 heteroatoms. The molecule has 0 fully saturated rings. The molecule has 92 valence electrons. The van der Waals surface area contributed by atoms with Crippen molar-refractivity contribution in [1.82, 2.24) is 0 Å². The Balaban J connectivity index is 2.48. The molecule has 2 nitrogen and oxygen atoms in total. The lowest BCUT2D eigenvalue weighted by molar-refractivity contribution is 0.103. The first-order valence-electron chi connectivity index (χ1n) is 5.04. The second-order valence-corrected chi connectivity index (χ2v) is 5.31. The van der Waals surface area contributed by atoms with Gasteiger partial charge in [0.1, 0.15) is 0 Å². The Kier molecular flexibility index (Phi) is 3.95. The lowest BCUT2D eigenvalue weighted by Gasteiger charge is -2.06. The van der Waals surface area contributed by atoms with E-state index >= 15 is 0 Å². The van der Waals surface area contributed by atoms with E-state index in [0.717, 1.165) is 0 Å². The van der Waals surface area contributed by atoms with Crippen molar-refractivity contribution in [2.75, 3.05) is 5.73 Å². The average Bonchev–Trinajstić information content (AvgIpc) is 2.35. The van der Waals surface area contributed by atoms with Gasteiger partial charge in [-0.15, -0.1) is 0 Å². The minimum atomic E-state index is -0.191. The molecule has 0 atom stereocenters. The average molecular weight is 345 g/mol. The molecule has 0 aliphatic carbocycles. The third kappa shape index (κ3) is 2.53. The highest BCUT2D eigenvalue weighted by molar-refractivity contribution is 9.10. The van der Waals surface area contributed by atoms with Crippen LogP contribution in [0.5, 0.6) is 0 Å². The van der Waals surface area contributed by atoms with Gasteiger partial charge in [-0.2, -0.15) is 0 Å². The van der Waals surface area contributed by atoms with Gasteiger partial charge in [0.2, 0.25) is 0 Å². The standard InChI is InChI=1S/C13H8BrCl2NO/c14-9-6-7(4-5-11(9)17)13(18)8-2-1-3-10(15)12(8)16/h1-6H,17H2. The maximum atomic E-state index is 12.3. The first kappa shape index (κ1) is 13.4. The monoisotopic (exact) mass is 343 g/mol. The van der Waals surface area contributed by atoms with Gasteiger partial charge in [-0.25, -0.2) is 0 Å². The summed E-state index contributed by atoms with van der Waals surface area (Å²) in [5, 5.41) is 0.620. The molecule has 2 N–H and O–H groups in total. The fourth-order valence-corrected chi connectivity index (χ4v) is 2.27. The quantitative estimate of drug-likeness (QED) is 0.640. The Bertz CT molecular complexity index is 628. The van der Waals surface area contributed by atoms with Crippen LogP contribution < -0.4 is 5.73 Å². The molecule has 0 saturated carbocycles. The summed E-state index contributed by atoms with van der Waals surface area (Å²) >= 11 is 15.2. The highest BCUT2D eigenvalue weighted by atomic mass is 79.9. The van der Waals surface area contributed by atoms with E-state index in [1.54, 1.807) is 36.4 Å². The number of hydrogen-bond donors (Lipinski definition) is 1. The molecule has 0 spiro atoms. The number of hydrogen-bond acceptors (Lipinski definition) is 2. The molecule has 0 aliphatic rings. The third-order valence-electron chi connectivity index (χ3n) is 2.46. The Hall–Kier alpha value is -1.03. The van der Waals surface area contributed by atoms with Crippen molar-refractivity contribution in [2.24, 2.45) is 0 Å². The Labute approximate surface area is 123 Å². The van der Waals surface area contributed by atoms with Gasteiger partial charge >= 0.3 is 0 Å². The number of nitrogens with two attached hydrogens (primary N) is 1. The van der Waals surface area contributed by atoms with Crippen LogP contribution in [0.15, 0.2) is 40.9 Å². The molecular weight excluding hydrogens is 337 g/mol. The zero-order valence-corrected chi connectivity index (χ0v) is 12.2. The second kappa shape index (κ2) is 5.31. The molecule has 2 aromatic rings. The van der Waals surface area contributed by atoms with E-state index in [2.05, 4.69) is 15.9 Å². The van der Waals surface area contributed by atoms with Gasteiger partial charge in [0, 0.05) is 21.3 Å². The molecule has 2 rings (SSSR count). The lowest BCUT2D eigenvalue weighted by Crippen LogP contribution is -2.03. The first-order chi connectivity index (χ1) is 8.50. The molecule has 0 aromatic heterocycles. The van der Waals surface area contributed by atoms with Crippen molar-refractivity contribution in [2.45, 2.75) is 0 Å². The highest BCUT2D eigenvalue weighted by Crippen LogP contribution is 2.28. The van der Waals surface area contributed by atoms with Crippen molar-refractivity contribution in [3.8, 4) is 0 Å². The van der Waals surface area contributed by atoms with E-state index in [4.69, 9.17) is 28.9 Å². The summed E-state index contributed by atoms with van der Waals surface area (Å²) in [5.41, 5.74) is 7.13. The summed E-state index contributed by atoms with van der Waals surface area (Å²) < 4.78 is 0.673. The number of carbonyl (C=O) groups is 1. The maximum absolute atomic E-state index is 12.3. The zero-order chi connectivity index (χ0) is 13.3. The van der Waals surface area contributed by atoms with Gasteiger partial charge in [0.15, 0.2) is 5.78 Å². The van der Waals surface area contributed by atoms with E-state index in [1.165, 1.54) is 0 Å². The summed E-state index contributed by atoms with van der Waals surface area (Å²) in [6, 6.07) is 9.94. The van der Waals surface area contributed by atoms with E-state index in [9.17, 15) is 4.79 Å². The third-order valence-corrected chi connectivity index (χ3v) is 3.96. The topological polar surface area (TPSA) is 43.1 Å². The van der Waals surface area contributed by atoms with Gasteiger partial charge in [-0.05, 0) is 46.3 Å². The van der Waals surface area contributed by atoms with Gasteiger partial charge in [0.25, 0.3) is 0 Å². The zero-order valence-electron chi connectivity index (χ0n) is 9.08. The van der Waals surface area contributed by atoms with Crippen LogP contribution in [0.2, 0.25) is 10.0 Å². The number of rotatable bonds is 2. The van der Waals surface area contributed by atoms with Gasteiger partial charge in [-0.1, -0.05) is 29.3 Å². The largest absolute Gasteiger partial charge is 0.398 e. The number of anilines is 1. The molecule has 18 heavy (non-hydrogen) atoms. The molecule has 2 aromatic carbocycles. The van der Waals surface area contributed by atoms with Crippen molar-refractivity contribution < 1.29 is 4.79 Å². The van der Waals surface area contributed by atoms with Crippen LogP contribution in [-0.4, -0.2) is 5.78 Å². The van der Waals surface area contributed by atoms with Gasteiger partial charge < -0.3 is 5.73 Å². The minimum Gasteiger partial charge on any atom is -0.398 e. The van der Waals surface area contributed by atoms with Crippen LogP contribution in [-0.2, 0) is 0 Å².